The standard InChI is InChI=1S/C10H19NO/c1-8(2)11-9(12)6-7-10(3,4)5/h6-8H,1-5H3,(H,11,12)/b7-6+. The van der Waals surface area contributed by atoms with Crippen molar-refractivity contribution in [3.05, 3.63) is 12.2 Å². The number of hydrogen-bond donors (Lipinski definition) is 1. The second-order valence-electron chi connectivity index (χ2n) is 4.36. The van der Waals surface area contributed by atoms with E-state index in [1.54, 1.807) is 6.08 Å². The van der Waals surface area contributed by atoms with Gasteiger partial charge in [0.1, 0.15) is 0 Å². The number of amides is 1. The van der Waals surface area contributed by atoms with Crippen molar-refractivity contribution in [1.82, 2.24) is 5.32 Å². The smallest absolute Gasteiger partial charge is 0.243 e. The van der Waals surface area contributed by atoms with Crippen LogP contribution in [0.1, 0.15) is 34.6 Å². The summed E-state index contributed by atoms with van der Waals surface area (Å²) in [6.45, 7) is 10.1. The summed E-state index contributed by atoms with van der Waals surface area (Å²) < 4.78 is 0. The molecule has 0 radical (unpaired) electrons. The Balaban J connectivity index is 3.93. The highest BCUT2D eigenvalue weighted by Crippen LogP contribution is 2.13. The van der Waals surface area contributed by atoms with Gasteiger partial charge in [-0.05, 0) is 25.3 Å². The highest BCUT2D eigenvalue weighted by Gasteiger charge is 2.05. The van der Waals surface area contributed by atoms with Crippen molar-refractivity contribution >= 4 is 5.91 Å². The Hall–Kier alpha value is -0.790. The van der Waals surface area contributed by atoms with E-state index in [1.165, 1.54) is 0 Å². The molecule has 0 heterocycles. The maximum atomic E-state index is 11.1. The zero-order chi connectivity index (χ0) is 9.78. The number of hydrogen-bond acceptors (Lipinski definition) is 1. The molecule has 0 aromatic carbocycles. The van der Waals surface area contributed by atoms with Crippen LogP contribution in [0.15, 0.2) is 12.2 Å². The molecule has 0 fully saturated rings. The van der Waals surface area contributed by atoms with E-state index >= 15 is 0 Å². The normalized spacial score (nSPS) is 12.5. The maximum Gasteiger partial charge on any atom is 0.243 e. The first-order valence-electron chi connectivity index (χ1n) is 4.31. The van der Waals surface area contributed by atoms with Crippen molar-refractivity contribution in [1.29, 1.82) is 0 Å². The molecule has 0 atom stereocenters. The summed E-state index contributed by atoms with van der Waals surface area (Å²) in [7, 11) is 0. The highest BCUT2D eigenvalue weighted by molar-refractivity contribution is 5.87. The second kappa shape index (κ2) is 4.29. The van der Waals surface area contributed by atoms with Crippen LogP contribution in [-0.4, -0.2) is 11.9 Å². The van der Waals surface area contributed by atoms with Crippen LogP contribution < -0.4 is 5.32 Å². The first kappa shape index (κ1) is 11.2. The van der Waals surface area contributed by atoms with Gasteiger partial charge in [-0.15, -0.1) is 0 Å². The molecule has 0 bridgehead atoms. The molecule has 2 heteroatoms. The van der Waals surface area contributed by atoms with Crippen molar-refractivity contribution in [2.75, 3.05) is 0 Å². The van der Waals surface area contributed by atoms with Gasteiger partial charge in [0.2, 0.25) is 5.91 Å². The average Bonchev–Trinajstić information content (AvgIpc) is 1.80. The fourth-order valence-corrected chi connectivity index (χ4v) is 0.658. The monoisotopic (exact) mass is 169 g/mol. The molecule has 1 amide bonds. The summed E-state index contributed by atoms with van der Waals surface area (Å²) in [4.78, 5) is 11.1. The second-order valence-corrected chi connectivity index (χ2v) is 4.36. The molecular weight excluding hydrogens is 150 g/mol. The van der Waals surface area contributed by atoms with Crippen LogP contribution in [0.4, 0.5) is 0 Å². The lowest BCUT2D eigenvalue weighted by molar-refractivity contribution is -0.117. The number of nitrogens with one attached hydrogen (secondary N) is 1. The predicted molar refractivity (Wildman–Crippen MR) is 51.9 cm³/mol. The van der Waals surface area contributed by atoms with Gasteiger partial charge >= 0.3 is 0 Å². The number of allylic oxidation sites excluding steroid dienone is 1. The van der Waals surface area contributed by atoms with Crippen molar-refractivity contribution < 1.29 is 4.79 Å². The molecule has 0 aromatic rings. The molecule has 0 aliphatic rings. The van der Waals surface area contributed by atoms with E-state index in [0.717, 1.165) is 0 Å². The van der Waals surface area contributed by atoms with E-state index in [1.807, 2.05) is 19.9 Å². The lowest BCUT2D eigenvalue weighted by Gasteiger charge is -2.11. The summed E-state index contributed by atoms with van der Waals surface area (Å²) in [6, 6.07) is 0.210. The van der Waals surface area contributed by atoms with Crippen LogP contribution in [-0.2, 0) is 4.79 Å². The third-order valence-electron chi connectivity index (χ3n) is 1.17. The van der Waals surface area contributed by atoms with Gasteiger partial charge in [0.15, 0.2) is 0 Å². The molecule has 0 saturated carbocycles. The molecule has 0 saturated heterocycles. The van der Waals surface area contributed by atoms with Crippen molar-refractivity contribution in [3.8, 4) is 0 Å². The molecule has 0 spiro atoms. The van der Waals surface area contributed by atoms with Crippen LogP contribution in [0.25, 0.3) is 0 Å². The number of rotatable bonds is 2. The Labute approximate surface area is 75.0 Å². The van der Waals surface area contributed by atoms with E-state index in [4.69, 9.17) is 0 Å². The minimum absolute atomic E-state index is 0.0140. The van der Waals surface area contributed by atoms with Gasteiger partial charge in [0.05, 0.1) is 0 Å². The first-order valence-corrected chi connectivity index (χ1v) is 4.31. The number of carbonyl (C=O) groups is 1. The van der Waals surface area contributed by atoms with Crippen LogP contribution in [0, 0.1) is 5.41 Å². The molecule has 2 nitrogen and oxygen atoms in total. The summed E-state index contributed by atoms with van der Waals surface area (Å²) >= 11 is 0. The Morgan fingerprint density at radius 1 is 1.33 bits per heavy atom. The molecule has 0 rings (SSSR count). The zero-order valence-electron chi connectivity index (χ0n) is 8.64. The number of carbonyl (C=O) groups excluding carboxylic acids is 1. The molecule has 0 aromatic heterocycles. The van der Waals surface area contributed by atoms with E-state index < -0.39 is 0 Å². The van der Waals surface area contributed by atoms with E-state index in [2.05, 4.69) is 26.1 Å². The van der Waals surface area contributed by atoms with Gasteiger partial charge in [-0.3, -0.25) is 4.79 Å². The predicted octanol–water partition coefficient (Wildman–Crippen LogP) is 2.11. The molecule has 70 valence electrons. The molecular formula is C10H19NO. The summed E-state index contributed by atoms with van der Waals surface area (Å²) in [6.07, 6.45) is 3.50. The van der Waals surface area contributed by atoms with Gasteiger partial charge in [-0.25, -0.2) is 0 Å². The van der Waals surface area contributed by atoms with Crippen LogP contribution in [0.3, 0.4) is 0 Å². The van der Waals surface area contributed by atoms with Crippen molar-refractivity contribution in [3.63, 3.8) is 0 Å². The highest BCUT2D eigenvalue weighted by atomic mass is 16.1. The van der Waals surface area contributed by atoms with Crippen LogP contribution in [0.2, 0.25) is 0 Å². The zero-order valence-corrected chi connectivity index (χ0v) is 8.64. The summed E-state index contributed by atoms with van der Waals surface area (Å²) in [5.74, 6) is -0.0140. The topological polar surface area (TPSA) is 29.1 Å². The lowest BCUT2D eigenvalue weighted by Crippen LogP contribution is -2.28. The fourth-order valence-electron chi connectivity index (χ4n) is 0.658. The lowest BCUT2D eigenvalue weighted by atomic mass is 9.96. The summed E-state index contributed by atoms with van der Waals surface area (Å²) in [5, 5.41) is 2.79. The van der Waals surface area contributed by atoms with Crippen molar-refractivity contribution in [2.24, 2.45) is 5.41 Å². The Bertz CT molecular complexity index is 175. The maximum absolute atomic E-state index is 11.1. The largest absolute Gasteiger partial charge is 0.350 e. The van der Waals surface area contributed by atoms with Crippen molar-refractivity contribution in [2.45, 2.75) is 40.7 Å². The van der Waals surface area contributed by atoms with Gasteiger partial charge < -0.3 is 5.32 Å². The molecule has 0 unspecified atom stereocenters. The molecule has 0 aliphatic heterocycles. The van der Waals surface area contributed by atoms with Gasteiger partial charge in [0, 0.05) is 6.04 Å². The third-order valence-corrected chi connectivity index (χ3v) is 1.17. The van der Waals surface area contributed by atoms with Crippen LogP contribution >= 0.6 is 0 Å². The molecule has 1 N–H and O–H groups in total. The minimum Gasteiger partial charge on any atom is -0.350 e. The molecule has 12 heavy (non-hydrogen) atoms. The first-order chi connectivity index (χ1) is 5.31. The van der Waals surface area contributed by atoms with E-state index in [0.29, 0.717) is 0 Å². The minimum atomic E-state index is -0.0140. The van der Waals surface area contributed by atoms with E-state index in [9.17, 15) is 4.79 Å². The Morgan fingerprint density at radius 2 is 1.83 bits per heavy atom. The molecule has 0 aliphatic carbocycles. The SMILES string of the molecule is CC(C)NC(=O)/C=C/C(C)(C)C. The van der Waals surface area contributed by atoms with Crippen LogP contribution in [0.5, 0.6) is 0 Å². The Morgan fingerprint density at radius 3 is 2.17 bits per heavy atom. The van der Waals surface area contributed by atoms with Gasteiger partial charge in [-0.1, -0.05) is 26.8 Å². The Kier molecular flexibility index (Phi) is 4.01. The quantitative estimate of drug-likeness (QED) is 0.630. The average molecular weight is 169 g/mol. The third kappa shape index (κ3) is 7.32. The van der Waals surface area contributed by atoms with E-state index in [-0.39, 0.29) is 17.4 Å². The van der Waals surface area contributed by atoms with Gasteiger partial charge in [-0.2, -0.15) is 0 Å². The fraction of sp³-hybridized carbons (Fsp3) is 0.700. The van der Waals surface area contributed by atoms with Gasteiger partial charge in [0.25, 0.3) is 0 Å². The summed E-state index contributed by atoms with van der Waals surface area (Å²) in [5.41, 5.74) is 0.0777.